The molecule has 0 aromatic heterocycles. The van der Waals surface area contributed by atoms with Gasteiger partial charge in [0.1, 0.15) is 35.8 Å². The molecule has 2 aliphatic heterocycles. The molecule has 0 spiro atoms. The zero-order valence-corrected chi connectivity index (χ0v) is 43.8. The molecule has 5 aromatic rings. The predicted octanol–water partition coefficient (Wildman–Crippen LogP) is 3.96. The number of thioether (sulfide) groups is 3. The first-order chi connectivity index (χ1) is 35.8. The van der Waals surface area contributed by atoms with E-state index in [-0.39, 0.29) is 68.2 Å². The average Bonchev–Trinajstić information content (AvgIpc) is 3.40. The molecular formula is C47H52N10O13S5. The first-order valence-corrected chi connectivity index (χ1v) is 28.9. The number of carbonyl (C=O) groups is 3. The third-order valence-electron chi connectivity index (χ3n) is 11.7. The summed E-state index contributed by atoms with van der Waals surface area (Å²) in [6.07, 6.45) is -2.62. The molecular weight excluding hydrogens is 1070 g/mol. The number of amides is 3. The fourth-order valence-electron chi connectivity index (χ4n) is 8.05. The number of nitrogens with two attached hydrogens (primary N) is 3. The largest absolute Gasteiger partial charge is 0.376 e. The number of nitro benzene ring substituents is 2. The summed E-state index contributed by atoms with van der Waals surface area (Å²) in [6.45, 7) is -0.886. The Kier molecular flexibility index (Phi) is 19.1. The Balaban J connectivity index is 1.29. The number of benzene rings is 5. The van der Waals surface area contributed by atoms with Gasteiger partial charge in [0.2, 0.25) is 37.8 Å². The zero-order valence-electron chi connectivity index (χ0n) is 39.7. The molecule has 0 bridgehead atoms. The zero-order chi connectivity index (χ0) is 53.9. The first kappa shape index (κ1) is 56.4. The number of primary sulfonamides is 2. The second kappa shape index (κ2) is 25.5. The minimum Gasteiger partial charge on any atom is -0.376 e. The van der Waals surface area contributed by atoms with Crippen LogP contribution in [-0.2, 0) is 43.9 Å². The van der Waals surface area contributed by atoms with E-state index in [9.17, 15) is 37.1 Å². The Bertz CT molecular complexity index is 2910. The van der Waals surface area contributed by atoms with Gasteiger partial charge in [0.15, 0.2) is 0 Å². The molecule has 7 rings (SSSR count). The van der Waals surface area contributed by atoms with Gasteiger partial charge >= 0.3 is 0 Å². The third-order valence-corrected chi connectivity index (χ3v) is 16.9. The summed E-state index contributed by atoms with van der Waals surface area (Å²) >= 11 is 3.77. The van der Waals surface area contributed by atoms with Gasteiger partial charge in [0, 0.05) is 57.2 Å². The Morgan fingerprint density at radius 1 is 0.613 bits per heavy atom. The van der Waals surface area contributed by atoms with Crippen molar-refractivity contribution >= 4 is 95.8 Å². The number of hydrogen-bond acceptors (Lipinski definition) is 19. The van der Waals surface area contributed by atoms with Crippen molar-refractivity contribution in [2.45, 2.75) is 54.9 Å². The van der Waals surface area contributed by atoms with E-state index < -0.39 is 99.2 Å². The van der Waals surface area contributed by atoms with Crippen LogP contribution in [0.15, 0.2) is 152 Å². The van der Waals surface area contributed by atoms with Gasteiger partial charge in [-0.25, -0.2) is 27.1 Å². The molecule has 3 amide bonds. The van der Waals surface area contributed by atoms with Gasteiger partial charge < -0.3 is 35.6 Å². The number of nitro groups is 2. The molecule has 8 N–H and O–H groups in total. The molecule has 0 saturated carbocycles. The van der Waals surface area contributed by atoms with Crippen LogP contribution in [0.4, 0.5) is 22.7 Å². The summed E-state index contributed by atoms with van der Waals surface area (Å²) in [5.74, 6) is -2.09. The quantitative estimate of drug-likeness (QED) is 0.0372. The van der Waals surface area contributed by atoms with E-state index in [1.165, 1.54) is 50.0 Å². The van der Waals surface area contributed by atoms with E-state index in [1.54, 1.807) is 60.7 Å². The smallest absolute Gasteiger partial charge is 0.293 e. The van der Waals surface area contributed by atoms with Crippen molar-refractivity contribution in [3.05, 3.63) is 148 Å². The number of sulfonamides is 2. The molecule has 2 fully saturated rings. The van der Waals surface area contributed by atoms with E-state index in [1.807, 2.05) is 30.3 Å². The lowest BCUT2D eigenvalue weighted by Crippen LogP contribution is -2.71. The van der Waals surface area contributed by atoms with Crippen LogP contribution in [0.3, 0.4) is 0 Å². The van der Waals surface area contributed by atoms with E-state index >= 15 is 14.4 Å². The van der Waals surface area contributed by atoms with E-state index in [0.717, 1.165) is 51.1 Å². The molecule has 398 valence electrons. The van der Waals surface area contributed by atoms with Gasteiger partial charge in [-0.15, -0.1) is 35.3 Å². The highest BCUT2D eigenvalue weighted by Crippen LogP contribution is 2.33. The van der Waals surface area contributed by atoms with E-state index in [4.69, 9.17) is 25.5 Å². The summed E-state index contributed by atoms with van der Waals surface area (Å²) < 4.78 is 61.0. The normalized spacial score (nSPS) is 17.3. The Labute approximate surface area is 444 Å². The highest BCUT2D eigenvalue weighted by Gasteiger charge is 2.46. The van der Waals surface area contributed by atoms with Crippen molar-refractivity contribution in [2.75, 3.05) is 67.4 Å². The number of rotatable bonds is 22. The van der Waals surface area contributed by atoms with Crippen molar-refractivity contribution < 1.29 is 50.5 Å². The molecule has 2 unspecified atom stereocenters. The summed E-state index contributed by atoms with van der Waals surface area (Å²) in [5.41, 5.74) is 5.00. The molecule has 2 aliphatic rings. The third kappa shape index (κ3) is 14.7. The van der Waals surface area contributed by atoms with Crippen LogP contribution in [0.25, 0.3) is 0 Å². The number of ether oxygens (including phenoxy) is 2. The number of nitrogens with zero attached hydrogens (tertiary/aromatic N) is 5. The van der Waals surface area contributed by atoms with Crippen molar-refractivity contribution in [1.29, 1.82) is 0 Å². The highest BCUT2D eigenvalue weighted by molar-refractivity contribution is 7.99. The maximum absolute atomic E-state index is 15.4. The minimum atomic E-state index is -4.38. The summed E-state index contributed by atoms with van der Waals surface area (Å²) in [7, 11) is -8.75. The Hall–Kier alpha value is -6.34. The van der Waals surface area contributed by atoms with E-state index in [2.05, 4.69) is 10.6 Å². The lowest BCUT2D eigenvalue weighted by Gasteiger charge is -2.50. The Morgan fingerprint density at radius 2 is 0.973 bits per heavy atom. The topological polar surface area (TPSA) is 336 Å². The second-order valence-electron chi connectivity index (χ2n) is 16.8. The fourth-order valence-corrected chi connectivity index (χ4v) is 11.9. The second-order valence-corrected chi connectivity index (χ2v) is 23.2. The minimum absolute atomic E-state index is 0.0164. The molecule has 2 saturated heterocycles. The molecule has 28 heteroatoms. The monoisotopic (exact) mass is 1120 g/mol. The van der Waals surface area contributed by atoms with Crippen LogP contribution in [0.1, 0.15) is 0 Å². The number of anilines is 2. The first-order valence-electron chi connectivity index (χ1n) is 22.8. The van der Waals surface area contributed by atoms with E-state index in [0.29, 0.717) is 0 Å². The van der Waals surface area contributed by atoms with Crippen molar-refractivity contribution in [3.63, 3.8) is 0 Å². The fraction of sp³-hybridized carbons (Fsp3) is 0.298. The standard InChI is InChI=1S/C47H52N10O13S5/c48-36(28-71-31-10-4-1-5-11-31)45(58)55(43-26-69-22-20-53(43)46(59)39(29-72-32-12-6-2-7-13-32)51-37-18-16-34(74(49,65)66)24-41(37)56(61)62)44-27-70-23-21-54(44)47(60)40(30-73-33-14-8-3-9-15-33)52-38-19-17-35(75(50,67)68)25-42(38)57(63)64/h1-19,24-25,36,39-40,43-44,51-52H,20-23,26-30,48H2,(H2,49,65,66)(H2,50,67,68)/t36-,39-,40-,43?,44?/m0/s1. The number of hydrogen-bond donors (Lipinski definition) is 5. The maximum Gasteiger partial charge on any atom is 0.293 e. The lowest BCUT2D eigenvalue weighted by molar-refractivity contribution is -0.384. The predicted molar refractivity (Wildman–Crippen MR) is 283 cm³/mol. The van der Waals surface area contributed by atoms with Gasteiger partial charge in [-0.05, 0) is 60.7 Å². The van der Waals surface area contributed by atoms with Gasteiger partial charge in [0.25, 0.3) is 11.4 Å². The van der Waals surface area contributed by atoms with Gasteiger partial charge in [-0.1, -0.05) is 54.6 Å². The highest BCUT2D eigenvalue weighted by atomic mass is 32.2. The number of carbonyl (C=O) groups excluding carboxylic acids is 3. The van der Waals surface area contributed by atoms with Gasteiger partial charge in [-0.3, -0.25) is 39.5 Å². The van der Waals surface area contributed by atoms with Crippen LogP contribution in [0, 0.1) is 20.2 Å². The summed E-state index contributed by atoms with van der Waals surface area (Å²) in [5, 5.41) is 41.4. The van der Waals surface area contributed by atoms with Crippen LogP contribution < -0.4 is 26.6 Å². The van der Waals surface area contributed by atoms with Gasteiger partial charge in [-0.2, -0.15) is 0 Å². The van der Waals surface area contributed by atoms with Gasteiger partial charge in [0.05, 0.1) is 52.1 Å². The van der Waals surface area contributed by atoms with Crippen LogP contribution in [0.5, 0.6) is 0 Å². The average molecular weight is 1130 g/mol. The molecule has 0 radical (unpaired) electrons. The van der Waals surface area contributed by atoms with Crippen molar-refractivity contribution in [1.82, 2.24) is 14.7 Å². The molecule has 75 heavy (non-hydrogen) atoms. The van der Waals surface area contributed by atoms with Crippen LogP contribution in [0.2, 0.25) is 0 Å². The summed E-state index contributed by atoms with van der Waals surface area (Å²) in [4.78, 5) is 74.5. The van der Waals surface area contributed by atoms with Crippen LogP contribution >= 0.6 is 35.3 Å². The van der Waals surface area contributed by atoms with Crippen molar-refractivity contribution in [2.24, 2.45) is 16.0 Å². The molecule has 5 atom stereocenters. The summed E-state index contributed by atoms with van der Waals surface area (Å²) in [6, 6.07) is 29.2. The SMILES string of the molecule is N[C@@H](CSc1ccccc1)C(=O)N(C1COCCN1C(=O)[C@H](CSc1ccccc1)Nc1ccc(S(N)(=O)=O)cc1[N+](=O)[O-])C1COCCN1C(=O)[C@H](CSc1ccccc1)Nc1ccc(S(N)(=O)=O)cc1[N+](=O)[O-]. The molecule has 5 aromatic carbocycles. The number of nitrogens with one attached hydrogen (secondary N) is 2. The lowest BCUT2D eigenvalue weighted by atomic mass is 10.1. The van der Waals surface area contributed by atoms with Crippen molar-refractivity contribution in [3.8, 4) is 0 Å². The molecule has 0 aliphatic carbocycles. The van der Waals surface area contributed by atoms with Crippen LogP contribution in [-0.4, -0.2) is 146 Å². The molecule has 23 nitrogen and oxygen atoms in total. The Morgan fingerprint density at radius 3 is 1.32 bits per heavy atom. The maximum atomic E-state index is 15.4. The molecule has 2 heterocycles. The number of morpholine rings is 2.